The Morgan fingerprint density at radius 2 is 2.44 bits per heavy atom. The van der Waals surface area contributed by atoms with Crippen LogP contribution in [-0.2, 0) is 17.7 Å². The third-order valence-corrected chi connectivity index (χ3v) is 3.44. The minimum atomic E-state index is 0.269. The van der Waals surface area contributed by atoms with E-state index in [1.54, 1.807) is 0 Å². The van der Waals surface area contributed by atoms with Crippen molar-refractivity contribution in [3.63, 3.8) is 0 Å². The Morgan fingerprint density at radius 3 is 3.25 bits per heavy atom. The molecule has 0 spiro atoms. The maximum Gasteiger partial charge on any atom is 0.149 e. The van der Waals surface area contributed by atoms with Crippen LogP contribution in [0.4, 0.5) is 0 Å². The monoisotopic (exact) mass is 222 g/mol. The number of hydrogen-bond acceptors (Lipinski definition) is 4. The first kappa shape index (κ1) is 10.2. The van der Waals surface area contributed by atoms with Gasteiger partial charge in [0, 0.05) is 25.6 Å². The number of rotatable bonds is 3. The van der Waals surface area contributed by atoms with Gasteiger partial charge in [-0.05, 0) is 19.8 Å². The minimum Gasteiger partial charge on any atom is -0.380 e. The van der Waals surface area contributed by atoms with Crippen molar-refractivity contribution in [1.82, 2.24) is 20.1 Å². The molecule has 0 aromatic carbocycles. The van der Waals surface area contributed by atoms with E-state index in [9.17, 15) is 0 Å². The molecule has 2 aliphatic heterocycles. The van der Waals surface area contributed by atoms with E-state index in [1.165, 1.54) is 6.42 Å². The molecule has 0 bridgehead atoms. The first-order chi connectivity index (χ1) is 7.84. The smallest absolute Gasteiger partial charge is 0.149 e. The second-order valence-electron chi connectivity index (χ2n) is 4.68. The average Bonchev–Trinajstić information content (AvgIpc) is 2.92. The number of nitrogens with zero attached hydrogens (tertiary/aromatic N) is 3. The molecule has 0 radical (unpaired) electrons. The maximum absolute atomic E-state index is 5.36. The largest absolute Gasteiger partial charge is 0.380 e. The standard InChI is InChI=1S/C11H18N4O/c1-8(12-9-4-6-16-7-9)11-14-13-10-3-2-5-15(10)11/h8-9,12H,2-7H2,1H3. The fraction of sp³-hybridized carbons (Fsp3) is 0.818. The first-order valence-electron chi connectivity index (χ1n) is 6.10. The summed E-state index contributed by atoms with van der Waals surface area (Å²) < 4.78 is 7.62. The SMILES string of the molecule is CC(NC1CCOC1)c1nnc2n1CCC2. The molecule has 0 saturated carbocycles. The quantitative estimate of drug-likeness (QED) is 0.816. The van der Waals surface area contributed by atoms with Crippen LogP contribution < -0.4 is 5.32 Å². The summed E-state index contributed by atoms with van der Waals surface area (Å²) in [4.78, 5) is 0. The molecule has 1 aromatic heterocycles. The van der Waals surface area contributed by atoms with Crippen LogP contribution >= 0.6 is 0 Å². The van der Waals surface area contributed by atoms with Crippen LogP contribution in [0.3, 0.4) is 0 Å². The van der Waals surface area contributed by atoms with Crippen molar-refractivity contribution < 1.29 is 4.74 Å². The lowest BCUT2D eigenvalue weighted by molar-refractivity contribution is 0.188. The van der Waals surface area contributed by atoms with Gasteiger partial charge in [0.05, 0.1) is 12.6 Å². The third kappa shape index (κ3) is 1.74. The summed E-state index contributed by atoms with van der Waals surface area (Å²) in [6.07, 6.45) is 3.38. The summed E-state index contributed by atoms with van der Waals surface area (Å²) in [5, 5.41) is 12.1. The van der Waals surface area contributed by atoms with Crippen LogP contribution in [0.5, 0.6) is 0 Å². The van der Waals surface area contributed by atoms with E-state index in [1.807, 2.05) is 0 Å². The van der Waals surface area contributed by atoms with Crippen molar-refractivity contribution in [3.05, 3.63) is 11.6 Å². The zero-order chi connectivity index (χ0) is 11.0. The molecule has 5 heteroatoms. The van der Waals surface area contributed by atoms with Gasteiger partial charge in [0.1, 0.15) is 11.6 Å². The number of ether oxygens (including phenoxy) is 1. The zero-order valence-corrected chi connectivity index (χ0v) is 9.65. The predicted molar refractivity (Wildman–Crippen MR) is 59.1 cm³/mol. The number of nitrogens with one attached hydrogen (secondary N) is 1. The molecular formula is C11H18N4O. The van der Waals surface area contributed by atoms with Crippen LogP contribution in [0, 0.1) is 0 Å². The molecule has 0 aliphatic carbocycles. The molecule has 2 atom stereocenters. The van der Waals surface area contributed by atoms with Gasteiger partial charge >= 0.3 is 0 Å². The van der Waals surface area contributed by atoms with Gasteiger partial charge in [-0.15, -0.1) is 10.2 Å². The van der Waals surface area contributed by atoms with Crippen LogP contribution in [0.1, 0.15) is 37.5 Å². The van der Waals surface area contributed by atoms with E-state index in [2.05, 4.69) is 27.0 Å². The molecule has 1 fully saturated rings. The van der Waals surface area contributed by atoms with E-state index in [0.29, 0.717) is 6.04 Å². The third-order valence-electron chi connectivity index (χ3n) is 3.44. The molecule has 1 N–H and O–H groups in total. The van der Waals surface area contributed by atoms with E-state index < -0.39 is 0 Å². The number of aromatic nitrogens is 3. The van der Waals surface area contributed by atoms with E-state index in [-0.39, 0.29) is 6.04 Å². The summed E-state index contributed by atoms with van der Waals surface area (Å²) in [5.74, 6) is 2.23. The van der Waals surface area contributed by atoms with Crippen molar-refractivity contribution in [3.8, 4) is 0 Å². The van der Waals surface area contributed by atoms with Crippen LogP contribution in [0.2, 0.25) is 0 Å². The van der Waals surface area contributed by atoms with Gasteiger partial charge in [-0.1, -0.05) is 0 Å². The van der Waals surface area contributed by atoms with Crippen molar-refractivity contribution in [1.29, 1.82) is 0 Å². The summed E-state index contributed by atoms with van der Waals surface area (Å²) in [7, 11) is 0. The summed E-state index contributed by atoms with van der Waals surface area (Å²) in [5.41, 5.74) is 0. The molecule has 2 aliphatic rings. The fourth-order valence-corrected chi connectivity index (χ4v) is 2.59. The number of fused-ring (bicyclic) bond motifs is 1. The molecule has 88 valence electrons. The second kappa shape index (κ2) is 4.14. The predicted octanol–water partition coefficient (Wildman–Crippen LogP) is 0.664. The van der Waals surface area contributed by atoms with Gasteiger partial charge in [-0.2, -0.15) is 0 Å². The van der Waals surface area contributed by atoms with Crippen molar-refractivity contribution in [2.45, 2.75) is 44.8 Å². The van der Waals surface area contributed by atoms with Crippen LogP contribution in [0.25, 0.3) is 0 Å². The van der Waals surface area contributed by atoms with Crippen LogP contribution in [0.15, 0.2) is 0 Å². The minimum absolute atomic E-state index is 0.269. The van der Waals surface area contributed by atoms with E-state index in [4.69, 9.17) is 4.74 Å². The average molecular weight is 222 g/mol. The van der Waals surface area contributed by atoms with Crippen molar-refractivity contribution in [2.75, 3.05) is 13.2 Å². The highest BCUT2D eigenvalue weighted by molar-refractivity contribution is 5.04. The summed E-state index contributed by atoms with van der Waals surface area (Å²) >= 11 is 0. The van der Waals surface area contributed by atoms with Gasteiger partial charge < -0.3 is 14.6 Å². The van der Waals surface area contributed by atoms with Gasteiger partial charge in [0.2, 0.25) is 0 Å². The Morgan fingerprint density at radius 1 is 1.50 bits per heavy atom. The Bertz CT molecular complexity index is 370. The Kier molecular flexibility index (Phi) is 2.65. The van der Waals surface area contributed by atoms with E-state index in [0.717, 1.165) is 44.2 Å². The molecule has 2 unspecified atom stereocenters. The molecule has 1 saturated heterocycles. The highest BCUT2D eigenvalue weighted by Gasteiger charge is 2.24. The Labute approximate surface area is 95.2 Å². The van der Waals surface area contributed by atoms with Gasteiger partial charge in [0.25, 0.3) is 0 Å². The normalized spacial score (nSPS) is 25.9. The molecule has 16 heavy (non-hydrogen) atoms. The molecule has 5 nitrogen and oxygen atoms in total. The fourth-order valence-electron chi connectivity index (χ4n) is 2.59. The first-order valence-corrected chi connectivity index (χ1v) is 6.10. The van der Waals surface area contributed by atoms with E-state index >= 15 is 0 Å². The van der Waals surface area contributed by atoms with Gasteiger partial charge in [0.15, 0.2) is 0 Å². The Hall–Kier alpha value is -0.940. The summed E-state index contributed by atoms with van der Waals surface area (Å²) in [6.45, 7) is 4.94. The lowest BCUT2D eigenvalue weighted by Crippen LogP contribution is -2.33. The van der Waals surface area contributed by atoms with Gasteiger partial charge in [-0.3, -0.25) is 0 Å². The number of aryl methyl sites for hydroxylation is 1. The molecule has 3 rings (SSSR count). The molecule has 0 amide bonds. The van der Waals surface area contributed by atoms with Crippen molar-refractivity contribution in [2.24, 2.45) is 0 Å². The lowest BCUT2D eigenvalue weighted by Gasteiger charge is -2.17. The topological polar surface area (TPSA) is 52.0 Å². The van der Waals surface area contributed by atoms with Crippen molar-refractivity contribution >= 4 is 0 Å². The molecule has 1 aromatic rings. The molecular weight excluding hydrogens is 204 g/mol. The second-order valence-corrected chi connectivity index (χ2v) is 4.68. The molecule has 3 heterocycles. The highest BCUT2D eigenvalue weighted by atomic mass is 16.5. The Balaban J connectivity index is 1.71. The lowest BCUT2D eigenvalue weighted by atomic mass is 10.2. The van der Waals surface area contributed by atoms with Crippen LogP contribution in [-0.4, -0.2) is 34.0 Å². The zero-order valence-electron chi connectivity index (χ0n) is 9.65. The van der Waals surface area contributed by atoms with Gasteiger partial charge in [-0.25, -0.2) is 0 Å². The number of hydrogen-bond donors (Lipinski definition) is 1. The summed E-state index contributed by atoms with van der Waals surface area (Å²) in [6, 6.07) is 0.746. The maximum atomic E-state index is 5.36. The highest BCUT2D eigenvalue weighted by Crippen LogP contribution is 2.20.